The maximum atomic E-state index is 10.0. The van der Waals surface area contributed by atoms with Crippen LogP contribution in [0.25, 0.3) is 11.1 Å². The van der Waals surface area contributed by atoms with E-state index in [9.17, 15) is 10.4 Å². The van der Waals surface area contributed by atoms with Gasteiger partial charge in [-0.1, -0.05) is 0 Å². The standard InChI is InChI=1S/C22H25N7O/c1-14-15(2)21(27-26-20(14)8-23)28-6-5-19-17(11-28)7-16(9-24-19)18-10-25-29(12-18)13-22(3,4)30/h7,9-10,12,30H,5-6,11,13H2,1-4H3. The summed E-state index contributed by atoms with van der Waals surface area (Å²) in [6.45, 7) is 9.35. The van der Waals surface area contributed by atoms with E-state index in [0.717, 1.165) is 52.3 Å². The number of aromatic nitrogens is 5. The van der Waals surface area contributed by atoms with Crippen LogP contribution < -0.4 is 4.90 Å². The largest absolute Gasteiger partial charge is 0.389 e. The Bertz CT molecular complexity index is 1140. The average molecular weight is 403 g/mol. The lowest BCUT2D eigenvalue weighted by Gasteiger charge is -2.30. The molecule has 0 radical (unpaired) electrons. The normalized spacial score (nSPS) is 13.8. The highest BCUT2D eigenvalue weighted by Crippen LogP contribution is 2.29. The molecule has 4 heterocycles. The Labute approximate surface area is 175 Å². The molecule has 1 aliphatic heterocycles. The van der Waals surface area contributed by atoms with E-state index in [2.05, 4.69) is 37.3 Å². The number of anilines is 1. The first-order chi connectivity index (χ1) is 14.2. The van der Waals surface area contributed by atoms with E-state index in [1.807, 2.05) is 26.2 Å². The molecule has 0 atom stereocenters. The van der Waals surface area contributed by atoms with Gasteiger partial charge in [0.25, 0.3) is 0 Å². The fourth-order valence-corrected chi connectivity index (χ4v) is 3.76. The predicted molar refractivity (Wildman–Crippen MR) is 113 cm³/mol. The summed E-state index contributed by atoms with van der Waals surface area (Å²) >= 11 is 0. The molecule has 0 saturated heterocycles. The summed E-state index contributed by atoms with van der Waals surface area (Å²) in [5, 5.41) is 32.0. The van der Waals surface area contributed by atoms with Crippen LogP contribution >= 0.6 is 0 Å². The number of pyridine rings is 1. The van der Waals surface area contributed by atoms with Gasteiger partial charge in [0.05, 0.1) is 18.3 Å². The monoisotopic (exact) mass is 403 g/mol. The minimum Gasteiger partial charge on any atom is -0.389 e. The lowest BCUT2D eigenvalue weighted by atomic mass is 10.0. The Morgan fingerprint density at radius 1 is 1.17 bits per heavy atom. The molecular formula is C22H25N7O. The molecule has 1 N–H and O–H groups in total. The molecule has 154 valence electrons. The minimum atomic E-state index is -0.823. The molecule has 3 aromatic rings. The van der Waals surface area contributed by atoms with Crippen molar-refractivity contribution in [3.8, 4) is 17.2 Å². The van der Waals surface area contributed by atoms with E-state index in [1.54, 1.807) is 24.7 Å². The SMILES string of the molecule is Cc1c(C#N)nnc(N2CCc3ncc(-c4cnn(CC(C)(C)O)c4)cc3C2)c1C. The predicted octanol–water partition coefficient (Wildman–Crippen LogP) is 2.56. The molecule has 1 aliphatic rings. The third-order valence-corrected chi connectivity index (χ3v) is 5.46. The maximum Gasteiger partial charge on any atom is 0.166 e. The second kappa shape index (κ2) is 7.50. The summed E-state index contributed by atoms with van der Waals surface area (Å²) < 4.78 is 1.75. The van der Waals surface area contributed by atoms with Crippen LogP contribution in [0, 0.1) is 25.2 Å². The fourth-order valence-electron chi connectivity index (χ4n) is 3.76. The number of nitrogens with zero attached hydrogens (tertiary/aromatic N) is 7. The molecule has 0 saturated carbocycles. The first-order valence-corrected chi connectivity index (χ1v) is 9.97. The van der Waals surface area contributed by atoms with Crippen molar-refractivity contribution in [3.05, 3.63) is 52.7 Å². The van der Waals surface area contributed by atoms with E-state index in [1.165, 1.54) is 0 Å². The molecule has 30 heavy (non-hydrogen) atoms. The summed E-state index contributed by atoms with van der Waals surface area (Å²) in [7, 11) is 0. The number of rotatable bonds is 4. The third kappa shape index (κ3) is 3.89. The van der Waals surface area contributed by atoms with Gasteiger partial charge in [-0.2, -0.15) is 10.4 Å². The minimum absolute atomic E-state index is 0.376. The van der Waals surface area contributed by atoms with Crippen molar-refractivity contribution < 1.29 is 5.11 Å². The Morgan fingerprint density at radius 2 is 1.97 bits per heavy atom. The first kappa shape index (κ1) is 20.0. The van der Waals surface area contributed by atoms with E-state index in [4.69, 9.17) is 0 Å². The summed E-state index contributed by atoms with van der Waals surface area (Å²) in [6.07, 6.45) is 6.45. The number of hydrogen-bond donors (Lipinski definition) is 1. The molecule has 0 aromatic carbocycles. The van der Waals surface area contributed by atoms with Crippen molar-refractivity contribution in [1.82, 2.24) is 25.0 Å². The number of fused-ring (bicyclic) bond motifs is 1. The van der Waals surface area contributed by atoms with Crippen molar-refractivity contribution >= 4 is 5.82 Å². The smallest absolute Gasteiger partial charge is 0.166 e. The van der Waals surface area contributed by atoms with Crippen LogP contribution in [0.1, 0.15) is 41.9 Å². The van der Waals surface area contributed by atoms with E-state index < -0.39 is 5.60 Å². The summed E-state index contributed by atoms with van der Waals surface area (Å²) in [4.78, 5) is 6.88. The summed E-state index contributed by atoms with van der Waals surface area (Å²) in [5.41, 5.74) is 5.62. The molecule has 0 fully saturated rings. The molecule has 0 bridgehead atoms. The van der Waals surface area contributed by atoms with Gasteiger partial charge in [-0.05, 0) is 50.5 Å². The van der Waals surface area contributed by atoms with Crippen molar-refractivity contribution in [2.75, 3.05) is 11.4 Å². The molecule has 8 nitrogen and oxygen atoms in total. The van der Waals surface area contributed by atoms with Gasteiger partial charge in [0.2, 0.25) is 0 Å². The zero-order valence-electron chi connectivity index (χ0n) is 17.7. The molecule has 0 amide bonds. The van der Waals surface area contributed by atoms with E-state index in [0.29, 0.717) is 18.8 Å². The van der Waals surface area contributed by atoms with Gasteiger partial charge < -0.3 is 10.0 Å². The summed E-state index contributed by atoms with van der Waals surface area (Å²) in [5.74, 6) is 0.820. The van der Waals surface area contributed by atoms with Crippen LogP contribution in [0.3, 0.4) is 0 Å². The van der Waals surface area contributed by atoms with Crippen molar-refractivity contribution in [2.45, 2.75) is 52.8 Å². The fraction of sp³-hybridized carbons (Fsp3) is 0.409. The van der Waals surface area contributed by atoms with Crippen LogP contribution in [0.2, 0.25) is 0 Å². The average Bonchev–Trinajstić information content (AvgIpc) is 3.16. The maximum absolute atomic E-state index is 10.0. The van der Waals surface area contributed by atoms with E-state index >= 15 is 0 Å². The van der Waals surface area contributed by atoms with Crippen LogP contribution in [-0.4, -0.2) is 42.2 Å². The molecule has 3 aromatic heterocycles. The quantitative estimate of drug-likeness (QED) is 0.714. The lowest BCUT2D eigenvalue weighted by Crippen LogP contribution is -2.32. The highest BCUT2D eigenvalue weighted by atomic mass is 16.3. The molecular weight excluding hydrogens is 378 g/mol. The summed E-state index contributed by atoms with van der Waals surface area (Å²) in [6, 6.07) is 4.25. The Hall–Kier alpha value is -3.31. The van der Waals surface area contributed by atoms with Crippen molar-refractivity contribution in [2.24, 2.45) is 0 Å². The number of nitriles is 1. The Balaban J connectivity index is 1.60. The van der Waals surface area contributed by atoms with Crippen molar-refractivity contribution in [3.63, 3.8) is 0 Å². The molecule has 8 heteroatoms. The Kier molecular flexibility index (Phi) is 5.00. The molecule has 0 unspecified atom stereocenters. The van der Waals surface area contributed by atoms with Gasteiger partial charge in [-0.15, -0.1) is 10.2 Å². The zero-order chi connectivity index (χ0) is 21.5. The Morgan fingerprint density at radius 3 is 2.70 bits per heavy atom. The van der Waals surface area contributed by atoms with Gasteiger partial charge in [-0.3, -0.25) is 9.67 Å². The molecule has 4 rings (SSSR count). The lowest BCUT2D eigenvalue weighted by molar-refractivity contribution is 0.0577. The van der Waals surface area contributed by atoms with Crippen LogP contribution in [-0.2, 0) is 19.5 Å². The second-order valence-corrected chi connectivity index (χ2v) is 8.47. The third-order valence-electron chi connectivity index (χ3n) is 5.46. The topological polar surface area (TPSA) is 104 Å². The van der Waals surface area contributed by atoms with Gasteiger partial charge >= 0.3 is 0 Å². The van der Waals surface area contributed by atoms with Crippen molar-refractivity contribution in [1.29, 1.82) is 5.26 Å². The number of aliphatic hydroxyl groups is 1. The van der Waals surface area contributed by atoms with Gasteiger partial charge in [0.15, 0.2) is 11.5 Å². The highest BCUT2D eigenvalue weighted by Gasteiger charge is 2.23. The zero-order valence-corrected chi connectivity index (χ0v) is 17.7. The highest BCUT2D eigenvalue weighted by molar-refractivity contribution is 5.63. The molecule has 0 aliphatic carbocycles. The van der Waals surface area contributed by atoms with Crippen LogP contribution in [0.5, 0.6) is 0 Å². The number of hydrogen-bond acceptors (Lipinski definition) is 7. The van der Waals surface area contributed by atoms with E-state index in [-0.39, 0.29) is 0 Å². The van der Waals surface area contributed by atoms with Crippen LogP contribution in [0.4, 0.5) is 5.82 Å². The van der Waals surface area contributed by atoms with Crippen LogP contribution in [0.15, 0.2) is 24.7 Å². The second-order valence-electron chi connectivity index (χ2n) is 8.47. The van der Waals surface area contributed by atoms with Gasteiger partial charge in [0.1, 0.15) is 6.07 Å². The molecule has 0 spiro atoms. The van der Waals surface area contributed by atoms with Gasteiger partial charge in [0, 0.05) is 48.7 Å². The first-order valence-electron chi connectivity index (χ1n) is 9.97. The van der Waals surface area contributed by atoms with Gasteiger partial charge in [-0.25, -0.2) is 0 Å².